The van der Waals surface area contributed by atoms with E-state index in [9.17, 15) is 4.79 Å². The third kappa shape index (κ3) is 3.15. The van der Waals surface area contributed by atoms with Crippen molar-refractivity contribution in [2.75, 3.05) is 32.8 Å². The van der Waals surface area contributed by atoms with E-state index in [1.54, 1.807) is 0 Å². The molecule has 118 valence electrons. The Morgan fingerprint density at radius 1 is 1.41 bits per heavy atom. The van der Waals surface area contributed by atoms with Gasteiger partial charge in [-0.3, -0.25) is 4.79 Å². The van der Waals surface area contributed by atoms with Crippen LogP contribution in [-0.4, -0.2) is 38.8 Å². The fourth-order valence-corrected chi connectivity index (χ4v) is 2.76. The van der Waals surface area contributed by atoms with Crippen molar-refractivity contribution in [2.45, 2.75) is 13.8 Å². The van der Waals surface area contributed by atoms with E-state index in [-0.39, 0.29) is 5.91 Å². The zero-order valence-corrected chi connectivity index (χ0v) is 13.1. The molecule has 3 rings (SSSR count). The predicted octanol–water partition coefficient (Wildman–Crippen LogP) is 2.02. The van der Waals surface area contributed by atoms with Crippen LogP contribution >= 0.6 is 0 Å². The van der Waals surface area contributed by atoms with Crippen molar-refractivity contribution in [3.63, 3.8) is 0 Å². The van der Waals surface area contributed by atoms with Crippen LogP contribution in [0.4, 0.5) is 0 Å². The van der Waals surface area contributed by atoms with Crippen molar-refractivity contribution in [3.05, 3.63) is 35.1 Å². The summed E-state index contributed by atoms with van der Waals surface area (Å²) in [5.74, 6) is 0.539. The van der Waals surface area contributed by atoms with Crippen LogP contribution in [0.25, 0.3) is 11.0 Å². The van der Waals surface area contributed by atoms with Gasteiger partial charge in [-0.2, -0.15) is 0 Å². The first-order chi connectivity index (χ1) is 10.6. The van der Waals surface area contributed by atoms with Gasteiger partial charge in [-0.05, 0) is 25.5 Å². The highest BCUT2D eigenvalue weighted by Crippen LogP contribution is 2.26. The van der Waals surface area contributed by atoms with E-state index in [0.717, 1.165) is 41.8 Å². The average Bonchev–Trinajstić information content (AvgIpc) is 2.68. The third-order valence-corrected chi connectivity index (χ3v) is 4.06. The SMILES string of the molecule is Cc1ccc2c(C)c(C(=O)NC[C@H]3CNCCOC3)oc2c1. The number of benzene rings is 1. The van der Waals surface area contributed by atoms with Crippen LogP contribution in [0, 0.1) is 19.8 Å². The van der Waals surface area contributed by atoms with E-state index in [2.05, 4.69) is 10.6 Å². The zero-order valence-electron chi connectivity index (χ0n) is 13.1. The average molecular weight is 302 g/mol. The first kappa shape index (κ1) is 15.1. The van der Waals surface area contributed by atoms with Gasteiger partial charge in [0.05, 0.1) is 13.2 Å². The van der Waals surface area contributed by atoms with Crippen LogP contribution in [0.5, 0.6) is 0 Å². The van der Waals surface area contributed by atoms with Crippen molar-refractivity contribution in [3.8, 4) is 0 Å². The largest absolute Gasteiger partial charge is 0.451 e. The molecule has 1 aliphatic heterocycles. The lowest BCUT2D eigenvalue weighted by atomic mass is 10.1. The minimum absolute atomic E-state index is 0.157. The van der Waals surface area contributed by atoms with Gasteiger partial charge in [0.1, 0.15) is 5.58 Å². The monoisotopic (exact) mass is 302 g/mol. The predicted molar refractivity (Wildman–Crippen MR) is 85.2 cm³/mol. The summed E-state index contributed by atoms with van der Waals surface area (Å²) in [4.78, 5) is 12.4. The van der Waals surface area contributed by atoms with Gasteiger partial charge in [0, 0.05) is 36.5 Å². The summed E-state index contributed by atoms with van der Waals surface area (Å²) in [6.07, 6.45) is 0. The van der Waals surface area contributed by atoms with Gasteiger partial charge in [-0.25, -0.2) is 0 Å². The second kappa shape index (κ2) is 6.50. The van der Waals surface area contributed by atoms with Crippen LogP contribution in [0.3, 0.4) is 0 Å². The van der Waals surface area contributed by atoms with Crippen molar-refractivity contribution in [1.82, 2.24) is 10.6 Å². The number of furan rings is 1. The van der Waals surface area contributed by atoms with Crippen molar-refractivity contribution in [2.24, 2.45) is 5.92 Å². The first-order valence-corrected chi connectivity index (χ1v) is 7.71. The van der Waals surface area contributed by atoms with E-state index in [0.29, 0.717) is 24.8 Å². The molecule has 5 heteroatoms. The van der Waals surface area contributed by atoms with E-state index in [4.69, 9.17) is 9.15 Å². The van der Waals surface area contributed by atoms with Gasteiger partial charge in [0.25, 0.3) is 5.91 Å². The summed E-state index contributed by atoms with van der Waals surface area (Å²) >= 11 is 0. The number of hydrogen-bond donors (Lipinski definition) is 2. The number of nitrogens with one attached hydrogen (secondary N) is 2. The molecule has 0 bridgehead atoms. The molecular weight excluding hydrogens is 280 g/mol. The molecule has 0 aliphatic carbocycles. The Hall–Kier alpha value is -1.85. The molecule has 1 atom stereocenters. The van der Waals surface area contributed by atoms with E-state index >= 15 is 0 Å². The summed E-state index contributed by atoms with van der Waals surface area (Å²) in [6, 6.07) is 5.99. The molecule has 1 fully saturated rings. The third-order valence-electron chi connectivity index (χ3n) is 4.06. The lowest BCUT2D eigenvalue weighted by Gasteiger charge is -2.14. The minimum atomic E-state index is -0.157. The van der Waals surface area contributed by atoms with Crippen molar-refractivity contribution in [1.29, 1.82) is 0 Å². The van der Waals surface area contributed by atoms with Crippen molar-refractivity contribution >= 4 is 16.9 Å². The fourth-order valence-electron chi connectivity index (χ4n) is 2.76. The standard InChI is InChI=1S/C17H22N2O3/c1-11-3-4-14-12(2)16(22-15(14)7-11)17(20)19-9-13-8-18-5-6-21-10-13/h3-4,7,13,18H,5-6,8-10H2,1-2H3,(H,19,20)/t13-/m1/s1. The maximum absolute atomic E-state index is 12.4. The number of carbonyl (C=O) groups excluding carboxylic acids is 1. The van der Waals surface area contributed by atoms with Gasteiger partial charge in [-0.1, -0.05) is 12.1 Å². The Morgan fingerprint density at radius 2 is 2.27 bits per heavy atom. The molecule has 2 heterocycles. The summed E-state index contributed by atoms with van der Waals surface area (Å²) in [7, 11) is 0. The summed E-state index contributed by atoms with van der Waals surface area (Å²) in [5, 5.41) is 7.26. The van der Waals surface area contributed by atoms with Crippen LogP contribution < -0.4 is 10.6 Å². The normalized spacial score (nSPS) is 19.1. The van der Waals surface area contributed by atoms with Gasteiger partial charge < -0.3 is 19.8 Å². The van der Waals surface area contributed by atoms with Gasteiger partial charge in [0.15, 0.2) is 5.76 Å². The lowest BCUT2D eigenvalue weighted by Crippen LogP contribution is -2.35. The van der Waals surface area contributed by atoms with Crippen molar-refractivity contribution < 1.29 is 13.9 Å². The molecule has 1 saturated heterocycles. The fraction of sp³-hybridized carbons (Fsp3) is 0.471. The molecule has 1 aliphatic rings. The molecule has 1 amide bonds. The number of amides is 1. The summed E-state index contributed by atoms with van der Waals surface area (Å²) < 4.78 is 11.2. The van der Waals surface area contributed by atoms with Crippen LogP contribution in [0.15, 0.2) is 22.6 Å². The molecule has 1 aromatic carbocycles. The zero-order chi connectivity index (χ0) is 15.5. The number of fused-ring (bicyclic) bond motifs is 1. The molecule has 0 unspecified atom stereocenters. The highest BCUT2D eigenvalue weighted by Gasteiger charge is 2.19. The molecule has 22 heavy (non-hydrogen) atoms. The molecule has 0 saturated carbocycles. The van der Waals surface area contributed by atoms with E-state index < -0.39 is 0 Å². The molecule has 5 nitrogen and oxygen atoms in total. The molecule has 0 radical (unpaired) electrons. The molecular formula is C17H22N2O3. The lowest BCUT2D eigenvalue weighted by molar-refractivity contribution is 0.0896. The Balaban J connectivity index is 1.70. The Kier molecular flexibility index (Phi) is 4.45. The number of carbonyl (C=O) groups is 1. The highest BCUT2D eigenvalue weighted by atomic mass is 16.5. The number of hydrogen-bond acceptors (Lipinski definition) is 4. The maximum atomic E-state index is 12.4. The summed E-state index contributed by atoms with van der Waals surface area (Å²) in [5.41, 5.74) is 2.78. The van der Waals surface area contributed by atoms with E-state index in [1.807, 2.05) is 32.0 Å². The number of rotatable bonds is 3. The Morgan fingerprint density at radius 3 is 3.14 bits per heavy atom. The second-order valence-corrected chi connectivity index (χ2v) is 5.91. The first-order valence-electron chi connectivity index (χ1n) is 7.71. The highest BCUT2D eigenvalue weighted by molar-refractivity contribution is 5.99. The summed E-state index contributed by atoms with van der Waals surface area (Å²) in [6.45, 7) is 7.65. The molecule has 2 N–H and O–H groups in total. The maximum Gasteiger partial charge on any atom is 0.287 e. The molecule has 0 spiro atoms. The van der Waals surface area contributed by atoms with Crippen LogP contribution in [0.2, 0.25) is 0 Å². The Labute approximate surface area is 130 Å². The molecule has 2 aromatic rings. The van der Waals surface area contributed by atoms with Crippen LogP contribution in [0.1, 0.15) is 21.7 Å². The quantitative estimate of drug-likeness (QED) is 0.910. The molecule has 1 aromatic heterocycles. The van der Waals surface area contributed by atoms with Gasteiger partial charge in [0.2, 0.25) is 0 Å². The second-order valence-electron chi connectivity index (χ2n) is 5.91. The van der Waals surface area contributed by atoms with Gasteiger partial charge >= 0.3 is 0 Å². The number of ether oxygens (including phenoxy) is 1. The Bertz CT molecular complexity index is 670. The number of aryl methyl sites for hydroxylation is 2. The van der Waals surface area contributed by atoms with Crippen LogP contribution in [-0.2, 0) is 4.74 Å². The topological polar surface area (TPSA) is 63.5 Å². The smallest absolute Gasteiger partial charge is 0.287 e. The minimum Gasteiger partial charge on any atom is -0.451 e. The van der Waals surface area contributed by atoms with Gasteiger partial charge in [-0.15, -0.1) is 0 Å². The van der Waals surface area contributed by atoms with E-state index in [1.165, 1.54) is 0 Å².